The maximum absolute atomic E-state index is 6.11. The molecule has 3 nitrogen and oxygen atoms in total. The summed E-state index contributed by atoms with van der Waals surface area (Å²) in [5.41, 5.74) is 2.41. The van der Waals surface area contributed by atoms with Gasteiger partial charge in [0.1, 0.15) is 5.75 Å². The molecule has 1 aliphatic heterocycles. The van der Waals surface area contributed by atoms with Crippen LogP contribution in [0.2, 0.25) is 5.02 Å². The van der Waals surface area contributed by atoms with E-state index in [1.54, 1.807) is 7.11 Å². The van der Waals surface area contributed by atoms with Gasteiger partial charge in [-0.25, -0.2) is 0 Å². The van der Waals surface area contributed by atoms with Crippen LogP contribution in [0, 0.1) is 0 Å². The molecule has 0 unspecified atom stereocenters. The Hall–Kier alpha value is -1.03. The molecular formula is C15H17ClO3. The van der Waals surface area contributed by atoms with Crippen LogP contribution < -0.4 is 4.74 Å². The Balaban J connectivity index is 1.83. The molecule has 1 spiro atoms. The van der Waals surface area contributed by atoms with E-state index in [1.807, 2.05) is 18.2 Å². The highest BCUT2D eigenvalue weighted by molar-refractivity contribution is 6.30. The van der Waals surface area contributed by atoms with E-state index < -0.39 is 0 Å². The Morgan fingerprint density at radius 2 is 2.00 bits per heavy atom. The van der Waals surface area contributed by atoms with Gasteiger partial charge >= 0.3 is 0 Å². The van der Waals surface area contributed by atoms with Crippen molar-refractivity contribution in [1.82, 2.24) is 0 Å². The predicted molar refractivity (Wildman–Crippen MR) is 74.5 cm³/mol. The van der Waals surface area contributed by atoms with E-state index >= 15 is 0 Å². The van der Waals surface area contributed by atoms with Crippen molar-refractivity contribution in [3.05, 3.63) is 34.9 Å². The van der Waals surface area contributed by atoms with Crippen molar-refractivity contribution in [3.63, 3.8) is 0 Å². The summed E-state index contributed by atoms with van der Waals surface area (Å²) in [5, 5.41) is 0.698. The van der Waals surface area contributed by atoms with Crippen LogP contribution in [0.5, 0.6) is 5.75 Å². The van der Waals surface area contributed by atoms with Gasteiger partial charge in [-0.2, -0.15) is 0 Å². The minimum Gasteiger partial charge on any atom is -0.497 e. The second-order valence-electron chi connectivity index (χ2n) is 4.92. The number of rotatable bonds is 2. The van der Waals surface area contributed by atoms with Crippen LogP contribution in [0.1, 0.15) is 24.8 Å². The van der Waals surface area contributed by atoms with Gasteiger partial charge in [-0.15, -0.1) is 0 Å². The van der Waals surface area contributed by atoms with E-state index in [9.17, 15) is 0 Å². The van der Waals surface area contributed by atoms with Gasteiger partial charge in [0, 0.05) is 17.9 Å². The molecular weight excluding hydrogens is 264 g/mol. The number of halogens is 1. The Morgan fingerprint density at radius 3 is 2.63 bits per heavy atom. The van der Waals surface area contributed by atoms with Crippen LogP contribution >= 0.6 is 11.6 Å². The molecule has 3 rings (SSSR count). The average Bonchev–Trinajstić information content (AvgIpc) is 2.87. The number of allylic oxidation sites excluding steroid dienone is 1. The van der Waals surface area contributed by atoms with E-state index in [4.69, 9.17) is 25.8 Å². The summed E-state index contributed by atoms with van der Waals surface area (Å²) in [6.45, 7) is 1.41. The van der Waals surface area contributed by atoms with E-state index in [2.05, 4.69) is 6.08 Å². The van der Waals surface area contributed by atoms with Crippen molar-refractivity contribution >= 4 is 17.2 Å². The van der Waals surface area contributed by atoms with E-state index in [0.717, 1.165) is 30.6 Å². The summed E-state index contributed by atoms with van der Waals surface area (Å²) in [5.74, 6) is 0.420. The molecule has 1 fully saturated rings. The first-order chi connectivity index (χ1) is 9.21. The van der Waals surface area contributed by atoms with Gasteiger partial charge in [0.25, 0.3) is 0 Å². The first kappa shape index (κ1) is 13.0. The fraction of sp³-hybridized carbons (Fsp3) is 0.467. The number of ether oxygens (including phenoxy) is 3. The van der Waals surface area contributed by atoms with Crippen molar-refractivity contribution < 1.29 is 14.2 Å². The monoisotopic (exact) mass is 280 g/mol. The van der Waals surface area contributed by atoms with Gasteiger partial charge in [-0.3, -0.25) is 0 Å². The molecule has 1 saturated heterocycles. The Morgan fingerprint density at radius 1 is 1.21 bits per heavy atom. The number of hydrogen-bond acceptors (Lipinski definition) is 3. The van der Waals surface area contributed by atoms with Crippen LogP contribution in [0.25, 0.3) is 5.57 Å². The van der Waals surface area contributed by atoms with Crippen molar-refractivity contribution in [2.24, 2.45) is 0 Å². The lowest BCUT2D eigenvalue weighted by Gasteiger charge is -2.30. The molecule has 0 bridgehead atoms. The summed E-state index contributed by atoms with van der Waals surface area (Å²) in [6, 6.07) is 5.81. The molecule has 0 N–H and O–H groups in total. The second kappa shape index (κ2) is 5.16. The quantitative estimate of drug-likeness (QED) is 0.827. The van der Waals surface area contributed by atoms with E-state index in [1.165, 1.54) is 5.57 Å². The summed E-state index contributed by atoms with van der Waals surface area (Å²) in [4.78, 5) is 0. The smallest absolute Gasteiger partial charge is 0.172 e. The van der Waals surface area contributed by atoms with Crippen molar-refractivity contribution in [2.45, 2.75) is 25.0 Å². The zero-order chi connectivity index (χ0) is 13.3. The lowest BCUT2D eigenvalue weighted by Crippen LogP contribution is -2.31. The zero-order valence-electron chi connectivity index (χ0n) is 10.9. The highest BCUT2D eigenvalue weighted by Crippen LogP contribution is 2.39. The van der Waals surface area contributed by atoms with Crippen molar-refractivity contribution in [2.75, 3.05) is 20.3 Å². The van der Waals surface area contributed by atoms with Gasteiger partial charge in [0.2, 0.25) is 0 Å². The summed E-state index contributed by atoms with van der Waals surface area (Å²) >= 11 is 6.11. The Bertz CT molecular complexity index is 504. The minimum absolute atomic E-state index is 0.369. The molecule has 0 saturated carbocycles. The van der Waals surface area contributed by atoms with Gasteiger partial charge in [0.15, 0.2) is 5.79 Å². The fourth-order valence-electron chi connectivity index (χ4n) is 2.70. The number of methoxy groups -OCH3 is 1. The average molecular weight is 281 g/mol. The normalized spacial score (nSPS) is 21.5. The zero-order valence-corrected chi connectivity index (χ0v) is 11.7. The molecule has 2 aliphatic rings. The summed E-state index contributed by atoms with van der Waals surface area (Å²) in [6.07, 6.45) is 4.83. The molecule has 0 atom stereocenters. The van der Waals surface area contributed by atoms with Crippen LogP contribution in [0.4, 0.5) is 0 Å². The van der Waals surface area contributed by atoms with E-state index in [0.29, 0.717) is 18.2 Å². The Kier molecular flexibility index (Phi) is 3.52. The molecule has 1 aromatic carbocycles. The first-order valence-corrected chi connectivity index (χ1v) is 6.90. The predicted octanol–water partition coefficient (Wildman–Crippen LogP) is 3.66. The Labute approximate surface area is 118 Å². The van der Waals surface area contributed by atoms with Crippen LogP contribution in [-0.2, 0) is 9.47 Å². The van der Waals surface area contributed by atoms with Crippen LogP contribution in [0.3, 0.4) is 0 Å². The molecule has 0 amide bonds. The van der Waals surface area contributed by atoms with E-state index in [-0.39, 0.29) is 5.79 Å². The lowest BCUT2D eigenvalue weighted by molar-refractivity contribution is -0.159. The number of hydrogen-bond donors (Lipinski definition) is 0. The molecule has 1 heterocycles. The number of benzene rings is 1. The molecule has 0 aromatic heterocycles. The summed E-state index contributed by atoms with van der Waals surface area (Å²) < 4.78 is 16.7. The highest BCUT2D eigenvalue weighted by atomic mass is 35.5. The third-order valence-corrected chi connectivity index (χ3v) is 3.94. The van der Waals surface area contributed by atoms with Crippen molar-refractivity contribution in [3.8, 4) is 5.75 Å². The largest absolute Gasteiger partial charge is 0.497 e. The van der Waals surface area contributed by atoms with Gasteiger partial charge < -0.3 is 14.2 Å². The molecule has 0 radical (unpaired) electrons. The standard InChI is InChI=1S/C15H17ClO3/c1-17-14-9-12(8-13(16)10-14)11-2-4-15(5-3-11)18-6-7-19-15/h2,8-10H,3-7H2,1H3. The molecule has 102 valence electrons. The lowest BCUT2D eigenvalue weighted by atomic mass is 9.90. The van der Waals surface area contributed by atoms with Gasteiger partial charge in [-0.05, 0) is 35.8 Å². The maximum atomic E-state index is 6.11. The SMILES string of the molecule is COc1cc(Cl)cc(C2=CCC3(CC2)OCCO3)c1. The van der Waals surface area contributed by atoms with Gasteiger partial charge in [0.05, 0.1) is 20.3 Å². The molecule has 4 heteroatoms. The van der Waals surface area contributed by atoms with Gasteiger partial charge in [-0.1, -0.05) is 17.7 Å². The second-order valence-corrected chi connectivity index (χ2v) is 5.36. The minimum atomic E-state index is -0.369. The maximum Gasteiger partial charge on any atom is 0.172 e. The van der Waals surface area contributed by atoms with Crippen LogP contribution in [-0.4, -0.2) is 26.1 Å². The topological polar surface area (TPSA) is 27.7 Å². The summed E-state index contributed by atoms with van der Waals surface area (Å²) in [7, 11) is 1.65. The van der Waals surface area contributed by atoms with Crippen molar-refractivity contribution in [1.29, 1.82) is 0 Å². The third kappa shape index (κ3) is 2.64. The molecule has 1 aromatic rings. The van der Waals surface area contributed by atoms with Crippen LogP contribution in [0.15, 0.2) is 24.3 Å². The molecule has 19 heavy (non-hydrogen) atoms. The third-order valence-electron chi connectivity index (χ3n) is 3.73. The first-order valence-electron chi connectivity index (χ1n) is 6.53. The fourth-order valence-corrected chi connectivity index (χ4v) is 2.92. The molecule has 1 aliphatic carbocycles. The highest BCUT2D eigenvalue weighted by Gasteiger charge is 2.37.